The van der Waals surface area contributed by atoms with E-state index in [0.717, 1.165) is 0 Å². The lowest BCUT2D eigenvalue weighted by molar-refractivity contribution is 0.0948. The van der Waals surface area contributed by atoms with E-state index >= 15 is 0 Å². The molecule has 0 bridgehead atoms. The van der Waals surface area contributed by atoms with Gasteiger partial charge in [0.15, 0.2) is 5.69 Å². The van der Waals surface area contributed by atoms with Crippen LogP contribution in [0.4, 0.5) is 0 Å². The van der Waals surface area contributed by atoms with Gasteiger partial charge in [-0.1, -0.05) is 5.16 Å². The Morgan fingerprint density at radius 2 is 2.33 bits per heavy atom. The van der Waals surface area contributed by atoms with Gasteiger partial charge in [0.05, 0.1) is 6.10 Å². The van der Waals surface area contributed by atoms with E-state index in [1.54, 1.807) is 0 Å². The van der Waals surface area contributed by atoms with Gasteiger partial charge in [-0.25, -0.2) is 4.63 Å². The molecule has 0 fully saturated rings. The number of nitrogens with one attached hydrogen (secondary N) is 1. The molecule has 6 heteroatoms. The van der Waals surface area contributed by atoms with Crippen molar-refractivity contribution in [1.82, 2.24) is 15.6 Å². The summed E-state index contributed by atoms with van der Waals surface area (Å²) in [6, 6.07) is 0. The average Bonchev–Trinajstić information content (AvgIpc) is 2.50. The van der Waals surface area contributed by atoms with Gasteiger partial charge in [0, 0.05) is 7.05 Å². The maximum Gasteiger partial charge on any atom is 0.275 e. The number of aromatic nitrogens is 2. The summed E-state index contributed by atoms with van der Waals surface area (Å²) >= 11 is 0. The normalized spacial score (nSPS) is 12.6. The van der Waals surface area contributed by atoms with Crippen LogP contribution in [0.3, 0.4) is 0 Å². The van der Waals surface area contributed by atoms with E-state index in [-0.39, 0.29) is 11.4 Å². The van der Waals surface area contributed by atoms with Crippen molar-refractivity contribution in [3.63, 3.8) is 0 Å². The van der Waals surface area contributed by atoms with Crippen LogP contribution in [-0.2, 0) is 0 Å². The van der Waals surface area contributed by atoms with E-state index in [1.807, 2.05) is 0 Å². The molecule has 1 amide bonds. The smallest absolute Gasteiger partial charge is 0.275 e. The van der Waals surface area contributed by atoms with Crippen LogP contribution in [0.5, 0.6) is 0 Å². The van der Waals surface area contributed by atoms with Gasteiger partial charge < -0.3 is 10.4 Å². The molecule has 1 aromatic rings. The molecule has 1 heterocycles. The van der Waals surface area contributed by atoms with Crippen LogP contribution in [0.1, 0.15) is 29.2 Å². The van der Waals surface area contributed by atoms with Gasteiger partial charge in [-0.05, 0) is 12.1 Å². The summed E-state index contributed by atoms with van der Waals surface area (Å²) < 4.78 is 4.31. The zero-order valence-electron chi connectivity index (χ0n) is 6.74. The number of aliphatic hydroxyl groups is 1. The van der Waals surface area contributed by atoms with Gasteiger partial charge in [0.25, 0.3) is 5.91 Å². The molecule has 1 unspecified atom stereocenters. The molecule has 6 nitrogen and oxygen atoms in total. The third kappa shape index (κ3) is 1.42. The van der Waals surface area contributed by atoms with Crippen molar-refractivity contribution in [3.8, 4) is 0 Å². The van der Waals surface area contributed by atoms with Crippen molar-refractivity contribution in [2.24, 2.45) is 0 Å². The van der Waals surface area contributed by atoms with E-state index in [1.165, 1.54) is 14.0 Å². The highest BCUT2D eigenvalue weighted by molar-refractivity contribution is 5.92. The number of carbonyl (C=O) groups excluding carboxylic acids is 1. The molecule has 12 heavy (non-hydrogen) atoms. The number of carbonyl (C=O) groups is 1. The molecule has 1 atom stereocenters. The molecule has 66 valence electrons. The number of amides is 1. The summed E-state index contributed by atoms with van der Waals surface area (Å²) in [5, 5.41) is 18.2. The van der Waals surface area contributed by atoms with Gasteiger partial charge in [-0.15, -0.1) is 0 Å². The summed E-state index contributed by atoms with van der Waals surface area (Å²) in [7, 11) is 1.46. The zero-order valence-corrected chi connectivity index (χ0v) is 6.74. The van der Waals surface area contributed by atoms with Crippen LogP contribution in [0.15, 0.2) is 4.63 Å². The first kappa shape index (κ1) is 8.66. The van der Waals surface area contributed by atoms with Crippen LogP contribution in [0.2, 0.25) is 0 Å². The third-order valence-electron chi connectivity index (χ3n) is 1.35. The fraction of sp³-hybridized carbons (Fsp3) is 0.500. The fourth-order valence-corrected chi connectivity index (χ4v) is 0.746. The second kappa shape index (κ2) is 3.31. The second-order valence-electron chi connectivity index (χ2n) is 2.25. The van der Waals surface area contributed by atoms with Gasteiger partial charge in [0.1, 0.15) is 5.69 Å². The Bertz CT molecular complexity index is 281. The van der Waals surface area contributed by atoms with E-state index in [4.69, 9.17) is 5.11 Å². The molecule has 0 aliphatic rings. The van der Waals surface area contributed by atoms with Crippen LogP contribution in [0.25, 0.3) is 0 Å². The Morgan fingerprint density at radius 1 is 1.67 bits per heavy atom. The van der Waals surface area contributed by atoms with Gasteiger partial charge in [0.2, 0.25) is 0 Å². The molecule has 0 aliphatic carbocycles. The molecule has 1 rings (SSSR count). The Balaban J connectivity index is 2.99. The van der Waals surface area contributed by atoms with Crippen LogP contribution in [-0.4, -0.2) is 28.4 Å². The SMILES string of the molecule is CNC(=O)c1nonc1C(C)O. The van der Waals surface area contributed by atoms with E-state index in [0.29, 0.717) is 0 Å². The molecule has 0 saturated heterocycles. The van der Waals surface area contributed by atoms with Crippen LogP contribution < -0.4 is 5.32 Å². The Hall–Kier alpha value is -1.43. The number of aliphatic hydroxyl groups excluding tert-OH is 1. The van der Waals surface area contributed by atoms with Crippen LogP contribution in [0, 0.1) is 0 Å². The molecule has 2 N–H and O–H groups in total. The second-order valence-corrected chi connectivity index (χ2v) is 2.25. The van der Waals surface area contributed by atoms with E-state index in [9.17, 15) is 4.79 Å². The quantitative estimate of drug-likeness (QED) is 0.625. The predicted molar refractivity (Wildman–Crippen MR) is 38.3 cm³/mol. The first-order chi connectivity index (χ1) is 5.66. The first-order valence-electron chi connectivity index (χ1n) is 3.39. The lowest BCUT2D eigenvalue weighted by atomic mass is 10.2. The van der Waals surface area contributed by atoms with E-state index in [2.05, 4.69) is 20.3 Å². The molecule has 0 saturated carbocycles. The van der Waals surface area contributed by atoms with Crippen molar-refractivity contribution < 1.29 is 14.5 Å². The summed E-state index contributed by atoms with van der Waals surface area (Å²) in [5.41, 5.74) is 0.168. The summed E-state index contributed by atoms with van der Waals surface area (Å²) in [6.45, 7) is 1.48. The van der Waals surface area contributed by atoms with Gasteiger partial charge in [-0.2, -0.15) is 0 Å². The molecule has 0 radical (unpaired) electrons. The first-order valence-corrected chi connectivity index (χ1v) is 3.39. The minimum Gasteiger partial charge on any atom is -0.387 e. The largest absolute Gasteiger partial charge is 0.387 e. The van der Waals surface area contributed by atoms with Crippen molar-refractivity contribution in [3.05, 3.63) is 11.4 Å². The highest BCUT2D eigenvalue weighted by Crippen LogP contribution is 2.12. The molecule has 0 spiro atoms. The minimum atomic E-state index is -0.858. The molecule has 1 aromatic heterocycles. The number of hydrogen-bond acceptors (Lipinski definition) is 5. The van der Waals surface area contributed by atoms with Crippen molar-refractivity contribution in [1.29, 1.82) is 0 Å². The highest BCUT2D eigenvalue weighted by Gasteiger charge is 2.20. The van der Waals surface area contributed by atoms with Crippen molar-refractivity contribution in [2.75, 3.05) is 7.05 Å². The maximum absolute atomic E-state index is 11.0. The van der Waals surface area contributed by atoms with Crippen molar-refractivity contribution in [2.45, 2.75) is 13.0 Å². The number of hydrogen-bond donors (Lipinski definition) is 2. The summed E-state index contributed by atoms with van der Waals surface area (Å²) in [6.07, 6.45) is -0.858. The lowest BCUT2D eigenvalue weighted by Gasteiger charge is -1.98. The molecular weight excluding hydrogens is 162 g/mol. The number of nitrogens with zero attached hydrogens (tertiary/aromatic N) is 2. The third-order valence-corrected chi connectivity index (χ3v) is 1.35. The Kier molecular flexibility index (Phi) is 2.39. The Morgan fingerprint density at radius 3 is 2.83 bits per heavy atom. The van der Waals surface area contributed by atoms with Gasteiger partial charge >= 0.3 is 0 Å². The summed E-state index contributed by atoms with van der Waals surface area (Å²) in [4.78, 5) is 11.0. The predicted octanol–water partition coefficient (Wildman–Crippen LogP) is -0.518. The number of rotatable bonds is 2. The van der Waals surface area contributed by atoms with E-state index < -0.39 is 12.0 Å². The molecular formula is C6H9N3O3. The Labute approximate surface area is 68.5 Å². The molecule has 0 aromatic carbocycles. The van der Waals surface area contributed by atoms with Crippen LogP contribution >= 0.6 is 0 Å². The van der Waals surface area contributed by atoms with Gasteiger partial charge in [-0.3, -0.25) is 4.79 Å². The summed E-state index contributed by atoms with van der Waals surface area (Å²) in [5.74, 6) is -0.424. The fourth-order valence-electron chi connectivity index (χ4n) is 0.746. The topological polar surface area (TPSA) is 88.3 Å². The standard InChI is InChI=1S/C6H9N3O3/c1-3(10)4-5(6(11)7-2)9-12-8-4/h3,10H,1-2H3,(H,7,11). The highest BCUT2D eigenvalue weighted by atomic mass is 16.6. The maximum atomic E-state index is 11.0. The lowest BCUT2D eigenvalue weighted by Crippen LogP contribution is -2.20. The molecule has 0 aliphatic heterocycles. The zero-order chi connectivity index (χ0) is 9.14. The van der Waals surface area contributed by atoms with Crippen molar-refractivity contribution >= 4 is 5.91 Å². The average molecular weight is 171 g/mol. The monoisotopic (exact) mass is 171 g/mol. The minimum absolute atomic E-state index is 0.0208.